The second kappa shape index (κ2) is 20.8. The zero-order chi connectivity index (χ0) is 14.9. The molecule has 0 spiro atoms. The molecule has 3 heteroatoms. The molecule has 122 valence electrons. The number of carbonyl (C=O) groups is 1. The van der Waals surface area contributed by atoms with Crippen molar-refractivity contribution in [3.63, 3.8) is 0 Å². The summed E-state index contributed by atoms with van der Waals surface area (Å²) >= 11 is 0. The van der Waals surface area contributed by atoms with Crippen LogP contribution in [0.4, 0.5) is 0 Å². The standard InChI is InChI=1S/C18H34O2.Ba.2H/c1-2-3-4-5-6-7-8-9-10-11-12-13-14-15-16-17-18(19)20;;;/h9-10H,2-8,11-17H2,1H3,(H,19,20);;;/b10-9-;;;. The van der Waals surface area contributed by atoms with Crippen molar-refractivity contribution in [1.29, 1.82) is 0 Å². The van der Waals surface area contributed by atoms with Gasteiger partial charge in [0.15, 0.2) is 0 Å². The van der Waals surface area contributed by atoms with Gasteiger partial charge in [-0.3, -0.25) is 4.79 Å². The van der Waals surface area contributed by atoms with Crippen molar-refractivity contribution in [2.75, 3.05) is 0 Å². The molecule has 0 saturated carbocycles. The number of carboxylic acids is 1. The molecular weight excluding hydrogens is 386 g/mol. The predicted octanol–water partition coefficient (Wildman–Crippen LogP) is 5.19. The summed E-state index contributed by atoms with van der Waals surface area (Å²) in [5, 5.41) is 8.51. The van der Waals surface area contributed by atoms with Crippen LogP contribution in [-0.2, 0) is 4.79 Å². The zero-order valence-corrected chi connectivity index (χ0v) is 13.4. The molecule has 1 N–H and O–H groups in total. The summed E-state index contributed by atoms with van der Waals surface area (Å²) in [6.07, 6.45) is 21.2. The fraction of sp³-hybridized carbons (Fsp3) is 0.833. The molecule has 0 amide bonds. The third-order valence-electron chi connectivity index (χ3n) is 3.65. The van der Waals surface area contributed by atoms with Gasteiger partial charge in [-0.05, 0) is 32.1 Å². The third kappa shape index (κ3) is 23.2. The second-order valence-electron chi connectivity index (χ2n) is 5.73. The van der Waals surface area contributed by atoms with E-state index in [1.165, 1.54) is 70.6 Å². The van der Waals surface area contributed by atoms with E-state index >= 15 is 0 Å². The molecular formula is C18H36BaO2. The van der Waals surface area contributed by atoms with E-state index in [0.717, 1.165) is 12.8 Å². The molecule has 0 aliphatic heterocycles. The van der Waals surface area contributed by atoms with Gasteiger partial charge in [-0.25, -0.2) is 0 Å². The van der Waals surface area contributed by atoms with Gasteiger partial charge in [0.25, 0.3) is 0 Å². The molecule has 0 aromatic carbocycles. The van der Waals surface area contributed by atoms with Gasteiger partial charge in [0.1, 0.15) is 0 Å². The second-order valence-corrected chi connectivity index (χ2v) is 5.73. The molecule has 0 unspecified atom stereocenters. The van der Waals surface area contributed by atoms with Crippen molar-refractivity contribution >= 4 is 54.9 Å². The van der Waals surface area contributed by atoms with Crippen LogP contribution >= 0.6 is 0 Å². The zero-order valence-electron chi connectivity index (χ0n) is 13.4. The Bertz CT molecular complexity index is 239. The number of allylic oxidation sites excluding steroid dienone is 2. The quantitative estimate of drug-likeness (QED) is 0.224. The normalized spacial score (nSPS) is 10.7. The van der Waals surface area contributed by atoms with Crippen LogP contribution in [0.25, 0.3) is 0 Å². The van der Waals surface area contributed by atoms with Crippen molar-refractivity contribution in [2.45, 2.75) is 96.8 Å². The Morgan fingerprint density at radius 3 is 1.67 bits per heavy atom. The summed E-state index contributed by atoms with van der Waals surface area (Å²) in [6, 6.07) is 0. The van der Waals surface area contributed by atoms with Crippen LogP contribution in [-0.4, -0.2) is 60.0 Å². The van der Waals surface area contributed by atoms with Gasteiger partial charge in [-0.15, -0.1) is 0 Å². The Labute approximate surface area is 172 Å². The number of hydrogen-bond donors (Lipinski definition) is 1. The van der Waals surface area contributed by atoms with Gasteiger partial charge in [0.2, 0.25) is 0 Å². The monoisotopic (exact) mass is 422 g/mol. The molecule has 0 rings (SSSR count). The first-order valence-corrected chi connectivity index (χ1v) is 8.64. The topological polar surface area (TPSA) is 37.3 Å². The minimum atomic E-state index is -0.664. The Hall–Kier alpha value is 0.781. The molecule has 0 fully saturated rings. The molecule has 0 heterocycles. The Balaban J connectivity index is 0. The maximum atomic E-state index is 10.3. The van der Waals surface area contributed by atoms with Crippen molar-refractivity contribution in [3.8, 4) is 0 Å². The molecule has 2 nitrogen and oxygen atoms in total. The van der Waals surface area contributed by atoms with E-state index < -0.39 is 5.97 Å². The Morgan fingerprint density at radius 2 is 1.19 bits per heavy atom. The maximum absolute atomic E-state index is 10.3. The van der Waals surface area contributed by atoms with E-state index in [2.05, 4.69) is 19.1 Å². The Kier molecular flexibility index (Phi) is 23.8. The fourth-order valence-corrected chi connectivity index (χ4v) is 2.35. The van der Waals surface area contributed by atoms with Crippen molar-refractivity contribution in [1.82, 2.24) is 0 Å². The van der Waals surface area contributed by atoms with E-state index in [4.69, 9.17) is 5.11 Å². The summed E-state index contributed by atoms with van der Waals surface area (Å²) < 4.78 is 0. The molecule has 0 aliphatic rings. The molecule has 0 aliphatic carbocycles. The number of unbranched alkanes of at least 4 members (excludes halogenated alkanes) is 11. The SMILES string of the molecule is CCCCCCCC/C=C\CCCCCCCC(=O)O.[BaH2]. The third-order valence-corrected chi connectivity index (χ3v) is 3.65. The first-order chi connectivity index (χ1) is 9.77. The van der Waals surface area contributed by atoms with Crippen LogP contribution in [0, 0.1) is 0 Å². The van der Waals surface area contributed by atoms with E-state index in [0.29, 0.717) is 6.42 Å². The van der Waals surface area contributed by atoms with Gasteiger partial charge in [0, 0.05) is 6.42 Å². The molecule has 0 atom stereocenters. The van der Waals surface area contributed by atoms with Crippen LogP contribution in [0.2, 0.25) is 0 Å². The summed E-state index contributed by atoms with van der Waals surface area (Å²) in [5.41, 5.74) is 0. The van der Waals surface area contributed by atoms with Crippen LogP contribution in [0.5, 0.6) is 0 Å². The number of carboxylic acid groups (broad SMARTS) is 1. The molecule has 0 aromatic rings. The van der Waals surface area contributed by atoms with E-state index in [1.807, 2.05) is 0 Å². The van der Waals surface area contributed by atoms with Crippen molar-refractivity contribution in [2.24, 2.45) is 0 Å². The molecule has 0 aromatic heterocycles. The minimum absolute atomic E-state index is 0. The summed E-state index contributed by atoms with van der Waals surface area (Å²) in [7, 11) is 0. The molecule has 0 saturated heterocycles. The molecule has 21 heavy (non-hydrogen) atoms. The van der Waals surface area contributed by atoms with E-state index in [-0.39, 0.29) is 48.9 Å². The van der Waals surface area contributed by atoms with Crippen molar-refractivity contribution in [3.05, 3.63) is 12.2 Å². The van der Waals surface area contributed by atoms with Gasteiger partial charge >= 0.3 is 54.9 Å². The first kappa shape index (κ1) is 24.0. The van der Waals surface area contributed by atoms with Crippen LogP contribution < -0.4 is 0 Å². The average molecular weight is 422 g/mol. The summed E-state index contributed by atoms with van der Waals surface area (Å²) in [4.78, 5) is 10.3. The summed E-state index contributed by atoms with van der Waals surface area (Å²) in [6.45, 7) is 2.26. The van der Waals surface area contributed by atoms with Crippen molar-refractivity contribution < 1.29 is 9.90 Å². The van der Waals surface area contributed by atoms with E-state index in [1.54, 1.807) is 0 Å². The number of hydrogen-bond acceptors (Lipinski definition) is 1. The van der Waals surface area contributed by atoms with Crippen LogP contribution in [0.15, 0.2) is 12.2 Å². The average Bonchev–Trinajstić information content (AvgIpc) is 2.43. The van der Waals surface area contributed by atoms with E-state index in [9.17, 15) is 4.79 Å². The first-order valence-electron chi connectivity index (χ1n) is 8.64. The number of rotatable bonds is 15. The van der Waals surface area contributed by atoms with Gasteiger partial charge in [-0.1, -0.05) is 70.4 Å². The van der Waals surface area contributed by atoms with Gasteiger partial charge in [0.05, 0.1) is 0 Å². The Morgan fingerprint density at radius 1 is 0.762 bits per heavy atom. The molecule has 0 bridgehead atoms. The fourth-order valence-electron chi connectivity index (χ4n) is 2.35. The summed E-state index contributed by atoms with van der Waals surface area (Å²) in [5.74, 6) is -0.664. The van der Waals surface area contributed by atoms with Crippen LogP contribution in [0.3, 0.4) is 0 Å². The van der Waals surface area contributed by atoms with Gasteiger partial charge in [-0.2, -0.15) is 0 Å². The van der Waals surface area contributed by atoms with Gasteiger partial charge < -0.3 is 5.11 Å². The molecule has 0 radical (unpaired) electrons. The van der Waals surface area contributed by atoms with Crippen LogP contribution in [0.1, 0.15) is 96.8 Å². The predicted molar refractivity (Wildman–Crippen MR) is 95.6 cm³/mol. The number of aliphatic carboxylic acids is 1.